The highest BCUT2D eigenvalue weighted by molar-refractivity contribution is 5.15. The van der Waals surface area contributed by atoms with Crippen molar-refractivity contribution in [3.63, 3.8) is 0 Å². The molecule has 3 rings (SSSR count). The zero-order chi connectivity index (χ0) is 21.0. The molecule has 1 N–H and O–H groups in total. The van der Waals surface area contributed by atoms with E-state index < -0.39 is 18.3 Å². The first-order valence-electron chi connectivity index (χ1n) is 10.3. The van der Waals surface area contributed by atoms with E-state index >= 15 is 0 Å². The lowest BCUT2D eigenvalue weighted by Gasteiger charge is -2.29. The van der Waals surface area contributed by atoms with Crippen LogP contribution in [-0.4, -0.2) is 30.0 Å². The molecule has 0 saturated heterocycles. The molecule has 1 unspecified atom stereocenters. The van der Waals surface area contributed by atoms with Crippen LogP contribution in [0.3, 0.4) is 0 Å². The summed E-state index contributed by atoms with van der Waals surface area (Å²) in [5, 5.41) is 10.4. The molecule has 0 aliphatic carbocycles. The maximum absolute atomic E-state index is 10.4. The van der Waals surface area contributed by atoms with Crippen LogP contribution < -0.4 is 0 Å². The van der Waals surface area contributed by atoms with Gasteiger partial charge in [-0.2, -0.15) is 0 Å². The van der Waals surface area contributed by atoms with Gasteiger partial charge in [0, 0.05) is 0 Å². The molecule has 4 heteroatoms. The minimum absolute atomic E-state index is 0.325. The molecule has 0 radical (unpaired) electrons. The van der Waals surface area contributed by atoms with Crippen LogP contribution in [0.5, 0.6) is 0 Å². The van der Waals surface area contributed by atoms with E-state index in [9.17, 15) is 5.11 Å². The summed E-state index contributed by atoms with van der Waals surface area (Å²) in [4.78, 5) is 0. The van der Waals surface area contributed by atoms with E-state index in [1.807, 2.05) is 91.0 Å². The number of hydrogen-bond acceptors (Lipinski definition) is 4. The van der Waals surface area contributed by atoms with Gasteiger partial charge in [-0.25, -0.2) is 0 Å². The van der Waals surface area contributed by atoms with Gasteiger partial charge in [-0.15, -0.1) is 0 Å². The van der Waals surface area contributed by atoms with Gasteiger partial charge < -0.3 is 19.3 Å². The molecule has 0 fully saturated rings. The predicted molar refractivity (Wildman–Crippen MR) is 118 cm³/mol. The van der Waals surface area contributed by atoms with Gasteiger partial charge in [0.25, 0.3) is 0 Å². The van der Waals surface area contributed by atoms with Crippen LogP contribution in [0.2, 0.25) is 0 Å². The molecule has 0 heterocycles. The monoisotopic (exact) mass is 406 g/mol. The van der Waals surface area contributed by atoms with E-state index in [4.69, 9.17) is 14.2 Å². The summed E-state index contributed by atoms with van der Waals surface area (Å²) in [6.07, 6.45) is -1.61. The number of aliphatic hydroxyl groups is 1. The van der Waals surface area contributed by atoms with Crippen molar-refractivity contribution in [2.75, 3.05) is 6.61 Å². The summed E-state index contributed by atoms with van der Waals surface area (Å²) < 4.78 is 18.2. The van der Waals surface area contributed by atoms with Crippen LogP contribution in [0.4, 0.5) is 0 Å². The Balaban J connectivity index is 1.64. The highest BCUT2D eigenvalue weighted by atomic mass is 16.6. The number of benzene rings is 3. The maximum atomic E-state index is 10.4. The lowest BCUT2D eigenvalue weighted by atomic mass is 10.1. The fourth-order valence-electron chi connectivity index (χ4n) is 3.21. The Kier molecular flexibility index (Phi) is 9.06. The third-order valence-electron chi connectivity index (χ3n) is 4.83. The second-order valence-corrected chi connectivity index (χ2v) is 7.34. The van der Waals surface area contributed by atoms with Crippen LogP contribution in [0, 0.1) is 0 Å². The van der Waals surface area contributed by atoms with Gasteiger partial charge in [0.2, 0.25) is 0 Å². The molecule has 3 aromatic rings. The average Bonchev–Trinajstić information content (AvgIpc) is 2.79. The van der Waals surface area contributed by atoms with Gasteiger partial charge in [-0.05, 0) is 23.6 Å². The molecule has 158 valence electrons. The number of aliphatic hydroxyl groups excluding tert-OH is 1. The third kappa shape index (κ3) is 7.39. The molecule has 0 aromatic heterocycles. The largest absolute Gasteiger partial charge is 0.391 e. The lowest BCUT2D eigenvalue weighted by molar-refractivity contribution is -0.149. The highest BCUT2D eigenvalue weighted by Gasteiger charge is 2.28. The Morgan fingerprint density at radius 3 is 1.53 bits per heavy atom. The fraction of sp³-hybridized carbons (Fsp3) is 0.308. The molecule has 0 saturated carbocycles. The van der Waals surface area contributed by atoms with Crippen molar-refractivity contribution >= 4 is 0 Å². The van der Waals surface area contributed by atoms with Crippen LogP contribution in [-0.2, 0) is 34.0 Å². The normalized spacial score (nSPS) is 14.2. The molecule has 3 atom stereocenters. The first kappa shape index (κ1) is 22.2. The van der Waals surface area contributed by atoms with Crippen molar-refractivity contribution in [1.29, 1.82) is 0 Å². The van der Waals surface area contributed by atoms with E-state index in [0.717, 1.165) is 16.7 Å². The first-order valence-corrected chi connectivity index (χ1v) is 10.3. The summed E-state index contributed by atoms with van der Waals surface area (Å²) in [5.41, 5.74) is 3.21. The standard InChI is InChI=1S/C26H30O4/c1-21(27)26(30-19-24-15-9-4-10-16-24)25(29-18-23-13-7-3-8-14-23)20-28-17-22-11-5-2-6-12-22/h2-16,21,25-27H,17-20H2,1H3/t21?,25-,26+/m0/s1. The van der Waals surface area contributed by atoms with Crippen molar-refractivity contribution in [2.45, 2.75) is 45.1 Å². The Morgan fingerprint density at radius 2 is 1.07 bits per heavy atom. The lowest BCUT2D eigenvalue weighted by Crippen LogP contribution is -2.42. The van der Waals surface area contributed by atoms with Crippen molar-refractivity contribution in [1.82, 2.24) is 0 Å². The molecule has 3 aromatic carbocycles. The van der Waals surface area contributed by atoms with Gasteiger partial charge in [0.15, 0.2) is 0 Å². The smallest absolute Gasteiger partial charge is 0.112 e. The summed E-state index contributed by atoms with van der Waals surface area (Å²) in [6, 6.07) is 29.9. The minimum Gasteiger partial charge on any atom is -0.391 e. The zero-order valence-corrected chi connectivity index (χ0v) is 17.4. The van der Waals surface area contributed by atoms with E-state index in [-0.39, 0.29) is 0 Å². The molecular formula is C26H30O4. The molecule has 4 nitrogen and oxygen atoms in total. The Hall–Kier alpha value is -2.50. The van der Waals surface area contributed by atoms with Gasteiger partial charge in [0.05, 0.1) is 32.5 Å². The van der Waals surface area contributed by atoms with Crippen molar-refractivity contribution in [2.24, 2.45) is 0 Å². The van der Waals surface area contributed by atoms with Crippen LogP contribution in [0.25, 0.3) is 0 Å². The van der Waals surface area contributed by atoms with Crippen LogP contribution in [0.1, 0.15) is 23.6 Å². The summed E-state index contributed by atoms with van der Waals surface area (Å²) in [6.45, 7) is 3.37. The molecular weight excluding hydrogens is 376 g/mol. The third-order valence-corrected chi connectivity index (χ3v) is 4.83. The van der Waals surface area contributed by atoms with Crippen LogP contribution >= 0.6 is 0 Å². The molecule has 0 amide bonds. The number of hydrogen-bond donors (Lipinski definition) is 1. The minimum atomic E-state index is -0.699. The van der Waals surface area contributed by atoms with Crippen molar-refractivity contribution in [3.8, 4) is 0 Å². The summed E-state index contributed by atoms with van der Waals surface area (Å²) >= 11 is 0. The van der Waals surface area contributed by atoms with E-state index in [1.54, 1.807) is 6.92 Å². The quantitative estimate of drug-likeness (QED) is 0.471. The van der Waals surface area contributed by atoms with Gasteiger partial charge in [-0.1, -0.05) is 91.0 Å². The molecule has 0 bridgehead atoms. The SMILES string of the molecule is CC(O)[C@@H](OCc1ccccc1)[C@H](COCc1ccccc1)OCc1ccccc1. The summed E-state index contributed by atoms with van der Waals surface area (Å²) in [7, 11) is 0. The molecule has 30 heavy (non-hydrogen) atoms. The van der Waals surface area contributed by atoms with Gasteiger partial charge >= 0.3 is 0 Å². The first-order chi connectivity index (χ1) is 14.7. The molecule has 0 aliphatic rings. The topological polar surface area (TPSA) is 47.9 Å². The highest BCUT2D eigenvalue weighted by Crippen LogP contribution is 2.16. The Morgan fingerprint density at radius 1 is 0.633 bits per heavy atom. The Bertz CT molecular complexity index is 821. The fourth-order valence-corrected chi connectivity index (χ4v) is 3.21. The Labute approximate surface area is 179 Å². The van der Waals surface area contributed by atoms with E-state index in [0.29, 0.717) is 26.4 Å². The summed E-state index contributed by atoms with van der Waals surface area (Å²) in [5.74, 6) is 0. The number of ether oxygens (including phenoxy) is 3. The van der Waals surface area contributed by atoms with Gasteiger partial charge in [0.1, 0.15) is 12.2 Å². The van der Waals surface area contributed by atoms with E-state index in [2.05, 4.69) is 0 Å². The van der Waals surface area contributed by atoms with Gasteiger partial charge in [-0.3, -0.25) is 0 Å². The molecule has 0 spiro atoms. The van der Waals surface area contributed by atoms with Crippen molar-refractivity contribution < 1.29 is 19.3 Å². The predicted octanol–water partition coefficient (Wildman–Crippen LogP) is 4.75. The second-order valence-electron chi connectivity index (χ2n) is 7.34. The number of rotatable bonds is 12. The zero-order valence-electron chi connectivity index (χ0n) is 17.4. The second kappa shape index (κ2) is 12.3. The average molecular weight is 407 g/mol. The maximum Gasteiger partial charge on any atom is 0.112 e. The molecule has 0 aliphatic heterocycles. The van der Waals surface area contributed by atoms with Crippen molar-refractivity contribution in [3.05, 3.63) is 108 Å². The van der Waals surface area contributed by atoms with E-state index in [1.165, 1.54) is 0 Å². The van der Waals surface area contributed by atoms with Crippen LogP contribution in [0.15, 0.2) is 91.0 Å².